The van der Waals surface area contributed by atoms with Crippen LogP contribution in [0.2, 0.25) is 0 Å². The van der Waals surface area contributed by atoms with Gasteiger partial charge in [0.15, 0.2) is 0 Å². The van der Waals surface area contributed by atoms with Gasteiger partial charge in [-0.3, -0.25) is 4.90 Å². The van der Waals surface area contributed by atoms with Crippen molar-refractivity contribution in [1.82, 2.24) is 10.2 Å². The molecule has 0 aliphatic carbocycles. The second kappa shape index (κ2) is 6.84. The fourth-order valence-corrected chi connectivity index (χ4v) is 2.81. The van der Waals surface area contributed by atoms with Crippen LogP contribution in [0, 0.1) is 11.6 Å². The molecular weight excluding hydrogens is 270 g/mol. The van der Waals surface area contributed by atoms with Gasteiger partial charge >= 0.3 is 0 Å². The van der Waals surface area contributed by atoms with E-state index in [0.29, 0.717) is 18.2 Å². The molecule has 1 atom stereocenters. The van der Waals surface area contributed by atoms with Crippen molar-refractivity contribution >= 4 is 0 Å². The van der Waals surface area contributed by atoms with E-state index in [0.717, 1.165) is 25.9 Å². The molecule has 1 heterocycles. The zero-order valence-corrected chi connectivity index (χ0v) is 13.3. The highest BCUT2D eigenvalue weighted by Crippen LogP contribution is 2.21. The second-order valence-electron chi connectivity index (χ2n) is 6.99. The summed E-state index contributed by atoms with van der Waals surface area (Å²) in [4.78, 5) is 2.28. The molecule has 0 saturated carbocycles. The van der Waals surface area contributed by atoms with Crippen LogP contribution in [-0.4, -0.2) is 29.6 Å². The van der Waals surface area contributed by atoms with E-state index in [4.69, 9.17) is 0 Å². The van der Waals surface area contributed by atoms with Crippen molar-refractivity contribution in [3.63, 3.8) is 0 Å². The topological polar surface area (TPSA) is 15.3 Å². The lowest BCUT2D eigenvalue weighted by atomic mass is 9.99. The van der Waals surface area contributed by atoms with Gasteiger partial charge in [0.1, 0.15) is 11.6 Å². The van der Waals surface area contributed by atoms with Crippen molar-refractivity contribution in [2.24, 2.45) is 0 Å². The third-order valence-corrected chi connectivity index (χ3v) is 4.00. The molecule has 1 aromatic carbocycles. The number of hydrogen-bond donors (Lipinski definition) is 1. The minimum absolute atomic E-state index is 0.0766. The van der Waals surface area contributed by atoms with Crippen molar-refractivity contribution in [3.05, 3.63) is 35.4 Å². The molecule has 4 heteroatoms. The van der Waals surface area contributed by atoms with Gasteiger partial charge in [0, 0.05) is 30.2 Å². The molecule has 1 unspecified atom stereocenters. The Hall–Kier alpha value is -1.00. The van der Waals surface area contributed by atoms with Gasteiger partial charge < -0.3 is 5.32 Å². The number of benzene rings is 1. The quantitative estimate of drug-likeness (QED) is 0.911. The van der Waals surface area contributed by atoms with Crippen molar-refractivity contribution in [3.8, 4) is 0 Å². The van der Waals surface area contributed by atoms with Gasteiger partial charge in [-0.05, 0) is 58.4 Å². The predicted molar refractivity (Wildman–Crippen MR) is 82.2 cm³/mol. The van der Waals surface area contributed by atoms with E-state index in [9.17, 15) is 8.78 Å². The van der Waals surface area contributed by atoms with Crippen LogP contribution in [0.4, 0.5) is 8.78 Å². The first-order valence-corrected chi connectivity index (χ1v) is 7.78. The molecule has 1 N–H and O–H groups in total. The normalized spacial score (nSPS) is 20.7. The van der Waals surface area contributed by atoms with Gasteiger partial charge in [0.2, 0.25) is 0 Å². The number of hydrogen-bond acceptors (Lipinski definition) is 2. The van der Waals surface area contributed by atoms with Gasteiger partial charge in [0.25, 0.3) is 0 Å². The van der Waals surface area contributed by atoms with E-state index in [-0.39, 0.29) is 17.2 Å². The van der Waals surface area contributed by atoms with E-state index < -0.39 is 0 Å². The predicted octanol–water partition coefficient (Wildman–Crippen LogP) is 3.71. The SMILES string of the molecule is CC(C)(C)NCC1CCCCN1Cc1cc(F)ccc1F. The highest BCUT2D eigenvalue weighted by molar-refractivity contribution is 5.18. The van der Waals surface area contributed by atoms with Crippen LogP contribution in [0.15, 0.2) is 18.2 Å². The van der Waals surface area contributed by atoms with Gasteiger partial charge in [0.05, 0.1) is 0 Å². The third kappa shape index (κ3) is 5.04. The van der Waals surface area contributed by atoms with Crippen molar-refractivity contribution in [2.75, 3.05) is 13.1 Å². The minimum Gasteiger partial charge on any atom is -0.311 e. The minimum atomic E-state index is -0.368. The van der Waals surface area contributed by atoms with Gasteiger partial charge in [-0.1, -0.05) is 6.42 Å². The zero-order chi connectivity index (χ0) is 15.5. The molecule has 1 fully saturated rings. The summed E-state index contributed by atoms with van der Waals surface area (Å²) in [6.45, 7) is 8.76. The molecule has 118 valence electrons. The Bertz CT molecular complexity index is 468. The molecule has 1 aliphatic heterocycles. The van der Waals surface area contributed by atoms with Gasteiger partial charge in [-0.15, -0.1) is 0 Å². The maximum atomic E-state index is 13.8. The van der Waals surface area contributed by atoms with Crippen LogP contribution >= 0.6 is 0 Å². The summed E-state index contributed by atoms with van der Waals surface area (Å²) >= 11 is 0. The Balaban J connectivity index is 2.03. The molecule has 0 aromatic heterocycles. The first-order valence-electron chi connectivity index (χ1n) is 7.78. The average Bonchev–Trinajstić information content (AvgIpc) is 2.41. The highest BCUT2D eigenvalue weighted by Gasteiger charge is 2.24. The summed E-state index contributed by atoms with van der Waals surface area (Å²) in [6.07, 6.45) is 3.45. The van der Waals surface area contributed by atoms with Crippen LogP contribution in [0.1, 0.15) is 45.6 Å². The molecule has 2 rings (SSSR count). The summed E-state index contributed by atoms with van der Waals surface area (Å²) in [7, 11) is 0. The Kier molecular flexibility index (Phi) is 5.33. The number of nitrogens with one attached hydrogen (secondary N) is 1. The molecular formula is C17H26F2N2. The van der Waals surface area contributed by atoms with Crippen molar-refractivity contribution in [2.45, 2.75) is 58.2 Å². The van der Waals surface area contributed by atoms with E-state index in [1.54, 1.807) is 0 Å². The zero-order valence-electron chi connectivity index (χ0n) is 13.3. The van der Waals surface area contributed by atoms with Crippen LogP contribution in [-0.2, 0) is 6.54 Å². The van der Waals surface area contributed by atoms with Crippen LogP contribution in [0.25, 0.3) is 0 Å². The molecule has 21 heavy (non-hydrogen) atoms. The lowest BCUT2D eigenvalue weighted by Gasteiger charge is -2.37. The van der Waals surface area contributed by atoms with E-state index in [2.05, 4.69) is 31.0 Å². The van der Waals surface area contributed by atoms with Gasteiger partial charge in [-0.25, -0.2) is 8.78 Å². The second-order valence-corrected chi connectivity index (χ2v) is 6.99. The number of rotatable bonds is 4. The Morgan fingerprint density at radius 3 is 2.71 bits per heavy atom. The summed E-state index contributed by atoms with van der Waals surface area (Å²) < 4.78 is 27.1. The van der Waals surface area contributed by atoms with Crippen molar-refractivity contribution in [1.29, 1.82) is 0 Å². The Labute approximate surface area is 126 Å². The first-order chi connectivity index (χ1) is 9.85. The molecule has 2 nitrogen and oxygen atoms in total. The lowest BCUT2D eigenvalue weighted by Crippen LogP contribution is -2.49. The summed E-state index contributed by atoms with van der Waals surface area (Å²) in [5, 5.41) is 3.52. The lowest BCUT2D eigenvalue weighted by molar-refractivity contribution is 0.129. The van der Waals surface area contributed by atoms with Crippen LogP contribution in [0.3, 0.4) is 0 Å². The highest BCUT2D eigenvalue weighted by atomic mass is 19.1. The maximum absolute atomic E-state index is 13.8. The number of halogens is 2. The molecule has 1 aliphatic rings. The molecule has 0 spiro atoms. The fourth-order valence-electron chi connectivity index (χ4n) is 2.81. The molecule has 0 bridgehead atoms. The molecule has 0 radical (unpaired) electrons. The number of nitrogens with zero attached hydrogens (tertiary/aromatic N) is 1. The van der Waals surface area contributed by atoms with Gasteiger partial charge in [-0.2, -0.15) is 0 Å². The number of piperidine rings is 1. The first kappa shape index (κ1) is 16.4. The molecule has 1 saturated heterocycles. The maximum Gasteiger partial charge on any atom is 0.127 e. The standard InChI is InChI=1S/C17H26F2N2/c1-17(2,3)20-11-15-6-4-5-9-21(15)12-13-10-14(18)7-8-16(13)19/h7-8,10,15,20H,4-6,9,11-12H2,1-3H3. The van der Waals surface area contributed by atoms with Crippen LogP contribution < -0.4 is 5.32 Å². The summed E-state index contributed by atoms with van der Waals surface area (Å²) in [5.41, 5.74) is 0.533. The van der Waals surface area contributed by atoms with E-state index >= 15 is 0 Å². The Morgan fingerprint density at radius 1 is 1.24 bits per heavy atom. The van der Waals surface area contributed by atoms with E-state index in [1.807, 2.05) is 0 Å². The summed E-state index contributed by atoms with van der Waals surface area (Å²) in [5.74, 6) is -0.683. The largest absolute Gasteiger partial charge is 0.311 e. The number of likely N-dealkylation sites (tertiary alicyclic amines) is 1. The Morgan fingerprint density at radius 2 is 2.00 bits per heavy atom. The average molecular weight is 296 g/mol. The molecule has 1 aromatic rings. The smallest absolute Gasteiger partial charge is 0.127 e. The fraction of sp³-hybridized carbons (Fsp3) is 0.647. The van der Waals surface area contributed by atoms with Crippen molar-refractivity contribution < 1.29 is 8.78 Å². The molecule has 0 amide bonds. The third-order valence-electron chi connectivity index (χ3n) is 4.00. The van der Waals surface area contributed by atoms with E-state index in [1.165, 1.54) is 24.6 Å². The van der Waals surface area contributed by atoms with Crippen LogP contribution in [0.5, 0.6) is 0 Å². The monoisotopic (exact) mass is 296 g/mol. The summed E-state index contributed by atoms with van der Waals surface area (Å²) in [6, 6.07) is 4.10.